The molecule has 0 bridgehead atoms. The Kier molecular flexibility index (Phi) is 2.45. The molecule has 2 heterocycles. The molecule has 6 heteroatoms. The number of ether oxygens (including phenoxy) is 1. The second kappa shape index (κ2) is 3.99. The quantitative estimate of drug-likeness (QED) is 0.773. The number of rotatable bonds is 1. The van der Waals surface area contributed by atoms with E-state index in [0.29, 0.717) is 4.77 Å². The van der Waals surface area contributed by atoms with Gasteiger partial charge in [0.15, 0.2) is 11.4 Å². The Morgan fingerprint density at radius 3 is 3.00 bits per heavy atom. The largest absolute Gasteiger partial charge is 0.482 e. The molecule has 1 aliphatic rings. The third kappa shape index (κ3) is 1.70. The third-order valence-corrected chi connectivity index (χ3v) is 3.17. The molecular formula is C12H11N3O2S. The van der Waals surface area contributed by atoms with Gasteiger partial charge in [0, 0.05) is 18.8 Å². The second-order valence-electron chi connectivity index (χ2n) is 4.08. The average molecular weight is 261 g/mol. The lowest BCUT2D eigenvalue weighted by molar-refractivity contribution is -0.120. The van der Waals surface area contributed by atoms with Gasteiger partial charge in [-0.1, -0.05) is 0 Å². The first kappa shape index (κ1) is 11.0. The van der Waals surface area contributed by atoms with Gasteiger partial charge in [-0.15, -0.1) is 0 Å². The summed E-state index contributed by atoms with van der Waals surface area (Å²) in [7, 11) is 1.74. The number of benzene rings is 1. The van der Waals surface area contributed by atoms with E-state index in [1.807, 2.05) is 18.2 Å². The Morgan fingerprint density at radius 1 is 1.44 bits per heavy atom. The van der Waals surface area contributed by atoms with Crippen LogP contribution in [-0.4, -0.2) is 29.5 Å². The summed E-state index contributed by atoms with van der Waals surface area (Å²) in [5, 5.41) is 0. The SMILES string of the molecule is CN1C(=O)COc2ccc(-c3c[nH]c(=S)[nH]3)cc21. The van der Waals surface area contributed by atoms with Crippen LogP contribution in [0.5, 0.6) is 5.75 Å². The van der Waals surface area contributed by atoms with Crippen molar-refractivity contribution in [2.75, 3.05) is 18.6 Å². The Morgan fingerprint density at radius 2 is 2.28 bits per heavy atom. The molecule has 18 heavy (non-hydrogen) atoms. The highest BCUT2D eigenvalue weighted by Crippen LogP contribution is 2.34. The predicted octanol–water partition coefficient (Wildman–Crippen LogP) is 2.09. The van der Waals surface area contributed by atoms with Gasteiger partial charge in [-0.3, -0.25) is 4.79 Å². The first-order chi connectivity index (χ1) is 8.65. The first-order valence-electron chi connectivity index (χ1n) is 5.46. The summed E-state index contributed by atoms with van der Waals surface area (Å²) in [6.07, 6.45) is 1.80. The van der Waals surface area contributed by atoms with Crippen LogP contribution in [0, 0.1) is 4.77 Å². The summed E-state index contributed by atoms with van der Waals surface area (Å²) in [6, 6.07) is 5.69. The number of carbonyl (C=O) groups excluding carboxylic acids is 1. The summed E-state index contributed by atoms with van der Waals surface area (Å²) in [5.41, 5.74) is 2.60. The minimum Gasteiger partial charge on any atom is -0.482 e. The van der Waals surface area contributed by atoms with Crippen LogP contribution in [0.15, 0.2) is 24.4 Å². The summed E-state index contributed by atoms with van der Waals surface area (Å²) < 4.78 is 5.94. The van der Waals surface area contributed by atoms with E-state index in [4.69, 9.17) is 17.0 Å². The van der Waals surface area contributed by atoms with Crippen molar-refractivity contribution in [3.05, 3.63) is 29.2 Å². The number of carbonyl (C=O) groups is 1. The number of nitrogens with zero attached hydrogens (tertiary/aromatic N) is 1. The summed E-state index contributed by atoms with van der Waals surface area (Å²) in [5.74, 6) is 0.664. The summed E-state index contributed by atoms with van der Waals surface area (Å²) >= 11 is 5.00. The molecule has 3 rings (SSSR count). The average Bonchev–Trinajstić information content (AvgIpc) is 2.80. The molecule has 0 radical (unpaired) electrons. The van der Waals surface area contributed by atoms with Gasteiger partial charge >= 0.3 is 0 Å². The maximum Gasteiger partial charge on any atom is 0.264 e. The number of H-pyrrole nitrogens is 2. The van der Waals surface area contributed by atoms with Crippen LogP contribution in [0.4, 0.5) is 5.69 Å². The number of aromatic nitrogens is 2. The normalized spacial score (nSPS) is 14.3. The molecule has 92 valence electrons. The van der Waals surface area contributed by atoms with Crippen LogP contribution in [0.3, 0.4) is 0 Å². The Hall–Kier alpha value is -2.08. The molecule has 1 aromatic carbocycles. The fourth-order valence-corrected chi connectivity index (χ4v) is 2.10. The zero-order chi connectivity index (χ0) is 12.7. The molecule has 0 unspecified atom stereocenters. The lowest BCUT2D eigenvalue weighted by Crippen LogP contribution is -2.35. The lowest BCUT2D eigenvalue weighted by Gasteiger charge is -2.26. The van der Waals surface area contributed by atoms with Gasteiger partial charge < -0.3 is 19.6 Å². The number of imidazole rings is 1. The molecule has 2 N–H and O–H groups in total. The number of hydrogen-bond acceptors (Lipinski definition) is 3. The first-order valence-corrected chi connectivity index (χ1v) is 5.87. The van der Waals surface area contributed by atoms with Crippen molar-refractivity contribution in [3.8, 4) is 17.0 Å². The molecule has 0 saturated heterocycles. The van der Waals surface area contributed by atoms with Gasteiger partial charge in [0.1, 0.15) is 5.75 Å². The van der Waals surface area contributed by atoms with Gasteiger partial charge in [0.05, 0.1) is 11.4 Å². The van der Waals surface area contributed by atoms with Crippen molar-refractivity contribution in [1.29, 1.82) is 0 Å². The van der Waals surface area contributed by atoms with Crippen molar-refractivity contribution < 1.29 is 9.53 Å². The van der Waals surface area contributed by atoms with E-state index in [2.05, 4.69) is 9.97 Å². The van der Waals surface area contributed by atoms with Crippen LogP contribution in [-0.2, 0) is 4.79 Å². The highest BCUT2D eigenvalue weighted by atomic mass is 32.1. The molecule has 1 amide bonds. The zero-order valence-electron chi connectivity index (χ0n) is 9.69. The number of likely N-dealkylation sites (N-methyl/N-ethyl adjacent to an activating group) is 1. The molecule has 0 aliphatic carbocycles. The minimum absolute atomic E-state index is 0.0540. The predicted molar refractivity (Wildman–Crippen MR) is 70.3 cm³/mol. The van der Waals surface area contributed by atoms with Gasteiger partial charge in [0.25, 0.3) is 5.91 Å². The molecule has 0 spiro atoms. The Balaban J connectivity index is 2.10. The molecule has 1 aliphatic heterocycles. The summed E-state index contributed by atoms with van der Waals surface area (Å²) in [6.45, 7) is 0.0927. The molecular weight excluding hydrogens is 250 g/mol. The van der Waals surface area contributed by atoms with Crippen molar-refractivity contribution in [1.82, 2.24) is 9.97 Å². The molecule has 2 aromatic rings. The molecule has 1 aromatic heterocycles. The van der Waals surface area contributed by atoms with Crippen molar-refractivity contribution in [2.45, 2.75) is 0 Å². The van der Waals surface area contributed by atoms with Crippen molar-refractivity contribution >= 4 is 23.8 Å². The Labute approximate surface area is 108 Å². The van der Waals surface area contributed by atoms with E-state index < -0.39 is 0 Å². The van der Waals surface area contributed by atoms with Crippen LogP contribution in [0.25, 0.3) is 11.3 Å². The molecule has 0 saturated carbocycles. The van der Waals surface area contributed by atoms with E-state index in [9.17, 15) is 4.79 Å². The number of amides is 1. The van der Waals surface area contributed by atoms with Gasteiger partial charge in [-0.25, -0.2) is 0 Å². The zero-order valence-corrected chi connectivity index (χ0v) is 10.5. The van der Waals surface area contributed by atoms with E-state index in [1.54, 1.807) is 18.1 Å². The molecule has 0 fully saturated rings. The third-order valence-electron chi connectivity index (χ3n) is 2.95. The Bertz CT molecular complexity index is 674. The number of anilines is 1. The number of fused-ring (bicyclic) bond motifs is 1. The van der Waals surface area contributed by atoms with Crippen LogP contribution in [0.1, 0.15) is 0 Å². The number of hydrogen-bond donors (Lipinski definition) is 2. The van der Waals surface area contributed by atoms with Crippen LogP contribution in [0.2, 0.25) is 0 Å². The van der Waals surface area contributed by atoms with Crippen molar-refractivity contribution in [3.63, 3.8) is 0 Å². The lowest BCUT2D eigenvalue weighted by atomic mass is 10.1. The second-order valence-corrected chi connectivity index (χ2v) is 4.49. The van der Waals surface area contributed by atoms with Crippen molar-refractivity contribution in [2.24, 2.45) is 0 Å². The van der Waals surface area contributed by atoms with Crippen LogP contribution < -0.4 is 9.64 Å². The number of nitrogens with one attached hydrogen (secondary N) is 2. The highest BCUT2D eigenvalue weighted by Gasteiger charge is 2.22. The fourth-order valence-electron chi connectivity index (χ4n) is 1.93. The molecule has 5 nitrogen and oxygen atoms in total. The van der Waals surface area contributed by atoms with Gasteiger partial charge in [-0.05, 0) is 30.4 Å². The maximum atomic E-state index is 11.6. The molecule has 0 atom stereocenters. The monoisotopic (exact) mass is 261 g/mol. The topological polar surface area (TPSA) is 61.1 Å². The maximum absolute atomic E-state index is 11.6. The fraction of sp³-hybridized carbons (Fsp3) is 0.167. The van der Waals surface area contributed by atoms with Gasteiger partial charge in [-0.2, -0.15) is 0 Å². The van der Waals surface area contributed by atoms with E-state index in [0.717, 1.165) is 22.7 Å². The van der Waals surface area contributed by atoms with E-state index in [-0.39, 0.29) is 12.5 Å². The number of aromatic amines is 2. The standard InChI is InChI=1S/C12H11N3O2S/c1-15-9-4-7(8-5-13-12(18)14-8)2-3-10(9)17-6-11(15)16/h2-5H,6H2,1H3,(H2,13,14,18). The van der Waals surface area contributed by atoms with E-state index in [1.165, 1.54) is 0 Å². The minimum atomic E-state index is -0.0540. The van der Waals surface area contributed by atoms with E-state index >= 15 is 0 Å². The van der Waals surface area contributed by atoms with Crippen LogP contribution >= 0.6 is 12.2 Å². The highest BCUT2D eigenvalue weighted by molar-refractivity contribution is 7.71. The summed E-state index contributed by atoms with van der Waals surface area (Å²) in [4.78, 5) is 19.1. The smallest absolute Gasteiger partial charge is 0.264 e. The van der Waals surface area contributed by atoms with Gasteiger partial charge in [0.2, 0.25) is 0 Å².